The van der Waals surface area contributed by atoms with Crippen LogP contribution in [0.15, 0.2) is 106 Å². The highest BCUT2D eigenvalue weighted by Crippen LogP contribution is 2.46. The molecule has 8 bridgehead atoms. The molecule has 6 heterocycles. The highest BCUT2D eigenvalue weighted by atomic mass is 16.5. The molecular formula is C38H45N5O3. The van der Waals surface area contributed by atoms with E-state index in [9.17, 15) is 9.90 Å². The van der Waals surface area contributed by atoms with Gasteiger partial charge >= 0.3 is 5.97 Å². The number of esters is 1. The van der Waals surface area contributed by atoms with Gasteiger partial charge in [0.2, 0.25) is 0 Å². The number of fused-ring (bicyclic) bond motifs is 5. The molecular weight excluding hydrogens is 574 g/mol. The van der Waals surface area contributed by atoms with Crippen molar-refractivity contribution < 1.29 is 14.6 Å². The maximum atomic E-state index is 12.3. The fourth-order valence-corrected chi connectivity index (χ4v) is 8.07. The van der Waals surface area contributed by atoms with Gasteiger partial charge in [-0.25, -0.2) is 15.0 Å². The molecule has 0 amide bonds. The minimum Gasteiger partial charge on any atom is -0.511 e. The van der Waals surface area contributed by atoms with Gasteiger partial charge in [0.15, 0.2) is 0 Å². The Kier molecular flexibility index (Phi) is 7.96. The number of hydrogen-bond donors (Lipinski definition) is 2. The smallest absolute Gasteiger partial charge is 0.305 e. The first kappa shape index (κ1) is 30.6. The number of methoxy groups -OCH3 is 1. The molecule has 0 aromatic heterocycles. The fraction of sp³-hybridized carbons (Fsp3) is 0.474. The number of carbonyl (C=O) groups is 1. The first-order valence-corrected chi connectivity index (χ1v) is 16.9. The molecule has 0 aromatic rings. The SMILES string of the molecule is CCC1=C(C)C2=NC1=CC1=C(C)C3=C(O)CC(=C4NC(=CC5=NC(=C2)C(CN2CCCCC2)=C5C)[C@@H](C)[C@@H]4CCC(=O)OC)C3=N1. The molecule has 7 rings (SSSR count). The van der Waals surface area contributed by atoms with Gasteiger partial charge in [0.1, 0.15) is 5.76 Å². The maximum absolute atomic E-state index is 12.3. The van der Waals surface area contributed by atoms with Gasteiger partial charge in [-0.3, -0.25) is 9.69 Å². The Morgan fingerprint density at radius 2 is 1.67 bits per heavy atom. The van der Waals surface area contributed by atoms with Crippen LogP contribution in [0.2, 0.25) is 0 Å². The summed E-state index contributed by atoms with van der Waals surface area (Å²) in [5, 5.41) is 15.1. The van der Waals surface area contributed by atoms with Gasteiger partial charge < -0.3 is 15.2 Å². The first-order chi connectivity index (χ1) is 22.2. The molecule has 2 saturated heterocycles. The van der Waals surface area contributed by atoms with E-state index in [1.165, 1.54) is 48.7 Å². The highest BCUT2D eigenvalue weighted by Gasteiger charge is 2.41. The summed E-state index contributed by atoms with van der Waals surface area (Å²) in [5.41, 5.74) is 15.3. The van der Waals surface area contributed by atoms with Crippen LogP contribution in [0, 0.1) is 11.8 Å². The van der Waals surface area contributed by atoms with Crippen molar-refractivity contribution in [3.63, 3.8) is 0 Å². The lowest BCUT2D eigenvalue weighted by Gasteiger charge is -2.27. The quantitative estimate of drug-likeness (QED) is 0.309. The molecule has 240 valence electrons. The average Bonchev–Trinajstić information content (AvgIpc) is 3.80. The zero-order valence-corrected chi connectivity index (χ0v) is 28.0. The van der Waals surface area contributed by atoms with Gasteiger partial charge in [0.05, 0.1) is 41.3 Å². The lowest BCUT2D eigenvalue weighted by molar-refractivity contribution is -0.140. The minimum atomic E-state index is -0.215. The summed E-state index contributed by atoms with van der Waals surface area (Å²) < 4.78 is 5.02. The van der Waals surface area contributed by atoms with E-state index >= 15 is 0 Å². The Hall–Kier alpha value is -4.04. The van der Waals surface area contributed by atoms with Crippen LogP contribution >= 0.6 is 0 Å². The molecule has 0 aromatic carbocycles. The number of allylic oxidation sites excluding steroid dienone is 11. The lowest BCUT2D eigenvalue weighted by Crippen LogP contribution is -2.31. The number of aliphatic imine (C=N–C) groups is 3. The van der Waals surface area contributed by atoms with E-state index in [-0.39, 0.29) is 17.8 Å². The minimum absolute atomic E-state index is 0.0431. The zero-order valence-electron chi connectivity index (χ0n) is 28.0. The normalized spacial score (nSPS) is 26.0. The molecule has 8 nitrogen and oxygen atoms in total. The van der Waals surface area contributed by atoms with E-state index in [4.69, 9.17) is 19.7 Å². The van der Waals surface area contributed by atoms with Crippen LogP contribution in [-0.4, -0.2) is 59.9 Å². The second kappa shape index (κ2) is 12.0. The van der Waals surface area contributed by atoms with Gasteiger partial charge in [0.25, 0.3) is 0 Å². The molecule has 0 radical (unpaired) electrons. The Bertz CT molecular complexity index is 1780. The Balaban J connectivity index is 1.42. The number of nitrogens with zero attached hydrogens (tertiary/aromatic N) is 4. The maximum Gasteiger partial charge on any atom is 0.305 e. The number of aliphatic hydroxyl groups excluding tert-OH is 1. The van der Waals surface area contributed by atoms with Crippen molar-refractivity contribution in [3.05, 3.63) is 91.5 Å². The molecule has 46 heavy (non-hydrogen) atoms. The van der Waals surface area contributed by atoms with Crippen LogP contribution in [-0.2, 0) is 9.53 Å². The van der Waals surface area contributed by atoms with Crippen molar-refractivity contribution in [2.24, 2.45) is 26.8 Å². The number of likely N-dealkylation sites (tertiary alicyclic amines) is 1. The molecule has 2 fully saturated rings. The number of aliphatic hydroxyl groups is 1. The standard InChI is InChI=1S/C38H45N5O3/c1-7-24-20(2)29-17-33-27(19-43-13-9-8-10-14-43)22(4)28(40-33)16-30-21(3)25(11-12-35(45)46-6)37(41-30)26-15-34(44)36-23(5)31(42-38(26)36)18-32(24)39-29/h16-18,21,25,41,44H,7-15,19H2,1-6H3/t21-,25-/m0/s1. The van der Waals surface area contributed by atoms with Crippen molar-refractivity contribution in [3.8, 4) is 0 Å². The molecule has 0 saturated carbocycles. The van der Waals surface area contributed by atoms with Crippen LogP contribution in [0.3, 0.4) is 0 Å². The van der Waals surface area contributed by atoms with Crippen molar-refractivity contribution in [2.45, 2.75) is 79.6 Å². The largest absolute Gasteiger partial charge is 0.511 e. The van der Waals surface area contributed by atoms with Gasteiger partial charge in [-0.2, -0.15) is 0 Å². The summed E-state index contributed by atoms with van der Waals surface area (Å²) in [6, 6.07) is 0. The third-order valence-electron chi connectivity index (χ3n) is 10.9. The van der Waals surface area contributed by atoms with Crippen molar-refractivity contribution in [1.29, 1.82) is 0 Å². The van der Waals surface area contributed by atoms with Crippen LogP contribution < -0.4 is 5.32 Å². The average molecular weight is 620 g/mol. The number of hydrogen-bond acceptors (Lipinski definition) is 8. The lowest BCUT2D eigenvalue weighted by atomic mass is 9.86. The predicted octanol–water partition coefficient (Wildman–Crippen LogP) is 7.10. The zero-order chi connectivity index (χ0) is 32.3. The molecule has 1 aliphatic carbocycles. The summed E-state index contributed by atoms with van der Waals surface area (Å²) in [6.45, 7) is 13.9. The summed E-state index contributed by atoms with van der Waals surface area (Å²) in [5.74, 6) is 0.284. The molecule has 0 unspecified atom stereocenters. The number of rotatable bonds is 6. The van der Waals surface area contributed by atoms with Crippen molar-refractivity contribution in [2.75, 3.05) is 26.7 Å². The van der Waals surface area contributed by atoms with E-state index in [1.807, 2.05) is 6.92 Å². The van der Waals surface area contributed by atoms with Crippen molar-refractivity contribution >= 4 is 23.1 Å². The Morgan fingerprint density at radius 3 is 2.39 bits per heavy atom. The molecule has 0 spiro atoms. The van der Waals surface area contributed by atoms with Crippen LogP contribution in [0.5, 0.6) is 0 Å². The molecule has 8 heteroatoms. The summed E-state index contributed by atoms with van der Waals surface area (Å²) >= 11 is 0. The van der Waals surface area contributed by atoms with Gasteiger partial charge in [-0.15, -0.1) is 0 Å². The molecule has 2 N–H and O–H groups in total. The van der Waals surface area contributed by atoms with E-state index in [2.05, 4.69) is 56.1 Å². The summed E-state index contributed by atoms with van der Waals surface area (Å²) in [7, 11) is 1.44. The monoisotopic (exact) mass is 619 g/mol. The van der Waals surface area contributed by atoms with Gasteiger partial charge in [-0.05, 0) is 106 Å². The molecule has 2 atom stereocenters. The van der Waals surface area contributed by atoms with Crippen LogP contribution in [0.4, 0.5) is 0 Å². The van der Waals surface area contributed by atoms with E-state index < -0.39 is 0 Å². The number of piperidine rings is 1. The number of nitrogens with one attached hydrogen (secondary N) is 1. The molecule has 7 aliphatic rings. The van der Waals surface area contributed by atoms with E-state index in [1.54, 1.807) is 0 Å². The summed E-state index contributed by atoms with van der Waals surface area (Å²) in [6.07, 6.45) is 12.5. The van der Waals surface area contributed by atoms with Crippen LogP contribution in [0.25, 0.3) is 0 Å². The fourth-order valence-electron chi connectivity index (χ4n) is 8.07. The second-order valence-corrected chi connectivity index (χ2v) is 13.5. The topological polar surface area (TPSA) is 98.9 Å². The van der Waals surface area contributed by atoms with Crippen molar-refractivity contribution in [1.82, 2.24) is 10.2 Å². The van der Waals surface area contributed by atoms with Gasteiger partial charge in [-0.1, -0.05) is 20.3 Å². The second-order valence-electron chi connectivity index (χ2n) is 13.5. The van der Waals surface area contributed by atoms with E-state index in [0.29, 0.717) is 25.0 Å². The van der Waals surface area contributed by atoms with Crippen LogP contribution in [0.1, 0.15) is 79.6 Å². The summed E-state index contributed by atoms with van der Waals surface area (Å²) in [4.78, 5) is 30.5. The third-order valence-corrected chi connectivity index (χ3v) is 10.9. The number of ether oxygens (including phenoxy) is 1. The Labute approximate surface area is 272 Å². The van der Waals surface area contributed by atoms with Gasteiger partial charge in [0, 0.05) is 53.8 Å². The highest BCUT2D eigenvalue weighted by molar-refractivity contribution is 6.21. The van der Waals surface area contributed by atoms with E-state index in [0.717, 1.165) is 88.4 Å². The predicted molar refractivity (Wildman–Crippen MR) is 184 cm³/mol. The third kappa shape index (κ3) is 5.11. The molecule has 6 aliphatic heterocycles. The number of carbonyl (C=O) groups excluding carboxylic acids is 1. The first-order valence-electron chi connectivity index (χ1n) is 16.9. The Morgan fingerprint density at radius 1 is 0.978 bits per heavy atom.